The summed E-state index contributed by atoms with van der Waals surface area (Å²) < 4.78 is 13.3. The number of halogens is 1. The summed E-state index contributed by atoms with van der Waals surface area (Å²) in [6, 6.07) is 16.7. The highest BCUT2D eigenvalue weighted by atomic mass is 19.1. The number of H-pyrrole nitrogens is 1. The third kappa shape index (κ3) is 5.10. The molecule has 0 radical (unpaired) electrons. The summed E-state index contributed by atoms with van der Waals surface area (Å²) in [6.45, 7) is 2.18. The normalized spacial score (nSPS) is 11.6. The quantitative estimate of drug-likeness (QED) is 0.256. The van der Waals surface area contributed by atoms with E-state index in [2.05, 4.69) is 35.8 Å². The number of hydrogen-bond donors (Lipinski definition) is 4. The lowest BCUT2D eigenvalue weighted by atomic mass is 10.1. The highest BCUT2D eigenvalue weighted by molar-refractivity contribution is 5.99. The molecule has 0 bridgehead atoms. The molecule has 0 saturated carbocycles. The molecule has 0 saturated heterocycles. The maximum Gasteiger partial charge on any atom is 0.255 e. The van der Waals surface area contributed by atoms with Crippen LogP contribution >= 0.6 is 0 Å². The molecule has 5 rings (SSSR count). The van der Waals surface area contributed by atoms with Gasteiger partial charge in [-0.05, 0) is 36.2 Å². The van der Waals surface area contributed by atoms with Gasteiger partial charge in [0.15, 0.2) is 5.52 Å². The van der Waals surface area contributed by atoms with Crippen molar-refractivity contribution in [3.8, 4) is 17.3 Å². The topological polar surface area (TPSA) is 158 Å². The van der Waals surface area contributed by atoms with Crippen LogP contribution in [0.4, 0.5) is 16.0 Å². The molecule has 3 aromatic heterocycles. The maximum absolute atomic E-state index is 13.3. The summed E-state index contributed by atoms with van der Waals surface area (Å²) in [5.41, 5.74) is 10.5. The van der Waals surface area contributed by atoms with Gasteiger partial charge in [-0.3, -0.25) is 9.89 Å². The van der Waals surface area contributed by atoms with Crippen LogP contribution in [0.2, 0.25) is 0 Å². The van der Waals surface area contributed by atoms with Gasteiger partial charge in [-0.1, -0.05) is 36.4 Å². The van der Waals surface area contributed by atoms with Gasteiger partial charge in [0.05, 0.1) is 29.1 Å². The number of nitrogens with zero attached hydrogens (tertiary/aromatic N) is 5. The highest BCUT2D eigenvalue weighted by Gasteiger charge is 2.17. The SMILES string of the molecule is C[C@H](NC(=O)c1cc(C#N)cnc1NCc1ccc(-c2cnc3n[nH]c(N)c3n2)cc1)c1ccc(F)cc1. The number of pyridine rings is 1. The summed E-state index contributed by atoms with van der Waals surface area (Å²) >= 11 is 0. The van der Waals surface area contributed by atoms with E-state index in [0.717, 1.165) is 16.7 Å². The molecule has 1 amide bonds. The molecular formula is C27H22FN9O. The van der Waals surface area contributed by atoms with Crippen molar-refractivity contribution in [1.29, 1.82) is 5.26 Å². The number of carbonyl (C=O) groups excluding carboxylic acids is 1. The molecule has 0 aliphatic carbocycles. The number of aromatic nitrogens is 5. The van der Waals surface area contributed by atoms with Crippen LogP contribution in [0.25, 0.3) is 22.4 Å². The Morgan fingerprint density at radius 2 is 1.89 bits per heavy atom. The van der Waals surface area contributed by atoms with Crippen molar-refractivity contribution in [3.63, 3.8) is 0 Å². The first-order valence-corrected chi connectivity index (χ1v) is 11.7. The van der Waals surface area contributed by atoms with Gasteiger partial charge < -0.3 is 16.4 Å². The zero-order valence-corrected chi connectivity index (χ0v) is 20.2. The number of carbonyl (C=O) groups is 1. The van der Waals surface area contributed by atoms with Crippen LogP contribution in [-0.2, 0) is 6.54 Å². The first-order chi connectivity index (χ1) is 18.4. The molecule has 11 heteroatoms. The van der Waals surface area contributed by atoms with Gasteiger partial charge in [0.25, 0.3) is 5.91 Å². The number of nitrogen functional groups attached to an aromatic ring is 1. The number of amides is 1. The summed E-state index contributed by atoms with van der Waals surface area (Å²) in [4.78, 5) is 26.2. The number of nitrogens with one attached hydrogen (secondary N) is 3. The van der Waals surface area contributed by atoms with Crippen LogP contribution in [-0.4, -0.2) is 31.1 Å². The van der Waals surface area contributed by atoms with Gasteiger partial charge in [0.2, 0.25) is 5.65 Å². The van der Waals surface area contributed by atoms with E-state index in [9.17, 15) is 14.4 Å². The zero-order chi connectivity index (χ0) is 26.6. The van der Waals surface area contributed by atoms with E-state index in [0.29, 0.717) is 35.0 Å². The smallest absolute Gasteiger partial charge is 0.255 e. The maximum atomic E-state index is 13.3. The van der Waals surface area contributed by atoms with E-state index in [1.807, 2.05) is 30.3 Å². The molecule has 0 unspecified atom stereocenters. The number of aromatic amines is 1. The predicted octanol–water partition coefficient (Wildman–Crippen LogP) is 4.11. The van der Waals surface area contributed by atoms with Crippen molar-refractivity contribution < 1.29 is 9.18 Å². The molecule has 0 fully saturated rings. The summed E-state index contributed by atoms with van der Waals surface area (Å²) in [7, 11) is 0. The van der Waals surface area contributed by atoms with Crippen LogP contribution < -0.4 is 16.4 Å². The van der Waals surface area contributed by atoms with E-state index in [1.165, 1.54) is 24.4 Å². The van der Waals surface area contributed by atoms with Gasteiger partial charge in [0.1, 0.15) is 23.5 Å². The molecule has 3 heterocycles. The average molecular weight is 508 g/mol. The second kappa shape index (κ2) is 10.3. The molecular weight excluding hydrogens is 485 g/mol. The van der Waals surface area contributed by atoms with Crippen molar-refractivity contribution in [2.75, 3.05) is 11.1 Å². The molecule has 2 aromatic carbocycles. The van der Waals surface area contributed by atoms with Crippen molar-refractivity contribution in [2.45, 2.75) is 19.5 Å². The fourth-order valence-electron chi connectivity index (χ4n) is 3.88. The van der Waals surface area contributed by atoms with Gasteiger partial charge in [-0.25, -0.2) is 19.3 Å². The van der Waals surface area contributed by atoms with E-state index in [-0.39, 0.29) is 23.0 Å². The van der Waals surface area contributed by atoms with Gasteiger partial charge in [-0.2, -0.15) is 10.4 Å². The number of nitrogens with two attached hydrogens (primary N) is 1. The Balaban J connectivity index is 1.30. The highest BCUT2D eigenvalue weighted by Crippen LogP contribution is 2.22. The molecule has 10 nitrogen and oxygen atoms in total. The second-order valence-corrected chi connectivity index (χ2v) is 8.59. The lowest BCUT2D eigenvalue weighted by Gasteiger charge is -2.16. The Labute approximate surface area is 216 Å². The minimum Gasteiger partial charge on any atom is -0.382 e. The first kappa shape index (κ1) is 24.3. The Hall–Kier alpha value is -5.37. The molecule has 0 aliphatic heterocycles. The van der Waals surface area contributed by atoms with Crippen LogP contribution in [0, 0.1) is 17.1 Å². The van der Waals surface area contributed by atoms with Gasteiger partial charge in [-0.15, -0.1) is 0 Å². The number of nitriles is 1. The van der Waals surface area contributed by atoms with Crippen molar-refractivity contribution >= 4 is 28.7 Å². The van der Waals surface area contributed by atoms with Crippen LogP contribution in [0.5, 0.6) is 0 Å². The monoisotopic (exact) mass is 507 g/mol. The summed E-state index contributed by atoms with van der Waals surface area (Å²) in [5, 5.41) is 22.0. The third-order valence-corrected chi connectivity index (χ3v) is 5.98. The fourth-order valence-corrected chi connectivity index (χ4v) is 3.88. The van der Waals surface area contributed by atoms with Crippen molar-refractivity contribution in [2.24, 2.45) is 0 Å². The van der Waals surface area contributed by atoms with Crippen molar-refractivity contribution in [3.05, 3.63) is 95.1 Å². The number of hydrogen-bond acceptors (Lipinski definition) is 8. The second-order valence-electron chi connectivity index (χ2n) is 8.59. The zero-order valence-electron chi connectivity index (χ0n) is 20.2. The lowest BCUT2D eigenvalue weighted by Crippen LogP contribution is -2.28. The Morgan fingerprint density at radius 1 is 1.13 bits per heavy atom. The van der Waals surface area contributed by atoms with E-state index in [1.54, 1.807) is 25.3 Å². The molecule has 0 aliphatic rings. The predicted molar refractivity (Wildman–Crippen MR) is 140 cm³/mol. The number of benzene rings is 2. The molecule has 1 atom stereocenters. The number of anilines is 2. The van der Waals surface area contributed by atoms with Gasteiger partial charge >= 0.3 is 0 Å². The minimum atomic E-state index is -0.406. The molecule has 188 valence electrons. The first-order valence-electron chi connectivity index (χ1n) is 11.7. The van der Waals surface area contributed by atoms with Crippen molar-refractivity contribution in [1.82, 2.24) is 30.5 Å². The van der Waals surface area contributed by atoms with Crippen LogP contribution in [0.3, 0.4) is 0 Å². The molecule has 0 spiro atoms. The van der Waals surface area contributed by atoms with E-state index < -0.39 is 5.91 Å². The standard InChI is InChI=1S/C27H22FN9O/c1-15(18-6-8-20(28)9-7-18)34-27(38)21-10-17(11-29)13-32-25(21)31-12-16-2-4-19(5-3-16)22-14-33-26-23(35-22)24(30)36-37-26/h2-10,13-15H,12H2,1H3,(H,31,32)(H,34,38)(H3,30,33,36,37)/t15-/m0/s1. The largest absolute Gasteiger partial charge is 0.382 e. The lowest BCUT2D eigenvalue weighted by molar-refractivity contribution is 0.0940. The van der Waals surface area contributed by atoms with Gasteiger partial charge in [0, 0.05) is 18.3 Å². The summed E-state index contributed by atoms with van der Waals surface area (Å²) in [6.07, 6.45) is 3.04. The Bertz CT molecular complexity index is 1660. The molecule has 5 N–H and O–H groups in total. The number of fused-ring (bicyclic) bond motifs is 1. The summed E-state index contributed by atoms with van der Waals surface area (Å²) in [5.74, 6) is -0.0632. The van der Waals surface area contributed by atoms with Crippen LogP contribution in [0.1, 0.15) is 40.0 Å². The molecule has 38 heavy (non-hydrogen) atoms. The van der Waals surface area contributed by atoms with E-state index in [4.69, 9.17) is 5.73 Å². The van der Waals surface area contributed by atoms with E-state index >= 15 is 0 Å². The van der Waals surface area contributed by atoms with Crippen LogP contribution in [0.15, 0.2) is 67.0 Å². The minimum absolute atomic E-state index is 0.232. The Kier molecular flexibility index (Phi) is 6.61. The molecule has 5 aromatic rings. The average Bonchev–Trinajstić information content (AvgIpc) is 3.32. The number of rotatable bonds is 7. The third-order valence-electron chi connectivity index (χ3n) is 5.98. The fraction of sp³-hybridized carbons (Fsp3) is 0.111. The Morgan fingerprint density at radius 3 is 2.63 bits per heavy atom.